The summed E-state index contributed by atoms with van der Waals surface area (Å²) in [6.45, 7) is 0.713. The number of nitrogens with one attached hydrogen (secondary N) is 1. The van der Waals surface area contributed by atoms with Crippen LogP contribution in [0.1, 0.15) is 17.5 Å². The standard InChI is InChI=1S/C19H21N2/c20-11-10-16(12-15-6-2-1-3-7-15)13-17-14-21-19-9-5-4-8-18(17)19/h1-9,14,21H,10-13,20H2. The molecule has 0 unspecified atom stereocenters. The first-order chi connectivity index (χ1) is 10.4. The van der Waals surface area contributed by atoms with Crippen molar-refractivity contribution in [2.75, 3.05) is 6.54 Å². The molecule has 0 amide bonds. The van der Waals surface area contributed by atoms with Gasteiger partial charge in [-0.15, -0.1) is 0 Å². The lowest BCUT2D eigenvalue weighted by molar-refractivity contribution is 0.738. The molecular formula is C19H21N2. The van der Waals surface area contributed by atoms with E-state index in [1.165, 1.54) is 27.9 Å². The molecule has 1 radical (unpaired) electrons. The third-order valence-corrected chi connectivity index (χ3v) is 3.91. The summed E-state index contributed by atoms with van der Waals surface area (Å²) in [5.41, 5.74) is 9.73. The Morgan fingerprint density at radius 3 is 2.48 bits per heavy atom. The van der Waals surface area contributed by atoms with Crippen molar-refractivity contribution in [3.05, 3.63) is 77.8 Å². The van der Waals surface area contributed by atoms with Gasteiger partial charge in [-0.2, -0.15) is 0 Å². The monoisotopic (exact) mass is 277 g/mol. The van der Waals surface area contributed by atoms with Gasteiger partial charge in [0, 0.05) is 17.1 Å². The van der Waals surface area contributed by atoms with Crippen LogP contribution >= 0.6 is 0 Å². The van der Waals surface area contributed by atoms with Crippen molar-refractivity contribution < 1.29 is 0 Å². The topological polar surface area (TPSA) is 41.8 Å². The molecule has 0 aliphatic rings. The average molecular weight is 277 g/mol. The highest BCUT2D eigenvalue weighted by Crippen LogP contribution is 2.25. The largest absolute Gasteiger partial charge is 0.361 e. The quantitative estimate of drug-likeness (QED) is 0.705. The number of rotatable bonds is 6. The SMILES string of the molecule is NCC[C](Cc1ccccc1)Cc1c[nH]c2ccccc12. The van der Waals surface area contributed by atoms with Crippen molar-refractivity contribution in [3.63, 3.8) is 0 Å². The predicted octanol–water partition coefficient (Wildman–Crippen LogP) is 3.88. The smallest absolute Gasteiger partial charge is 0.0456 e. The summed E-state index contributed by atoms with van der Waals surface area (Å²) in [6.07, 6.45) is 5.12. The molecule has 0 saturated carbocycles. The molecule has 3 N–H and O–H groups in total. The van der Waals surface area contributed by atoms with Gasteiger partial charge in [0.05, 0.1) is 0 Å². The summed E-state index contributed by atoms with van der Waals surface area (Å²) in [7, 11) is 0. The highest BCUT2D eigenvalue weighted by Gasteiger charge is 2.13. The fourth-order valence-corrected chi connectivity index (χ4v) is 2.88. The zero-order valence-corrected chi connectivity index (χ0v) is 12.2. The van der Waals surface area contributed by atoms with Gasteiger partial charge in [-0.1, -0.05) is 48.5 Å². The normalized spacial score (nSPS) is 11.3. The summed E-state index contributed by atoms with van der Waals surface area (Å²) < 4.78 is 0. The molecule has 0 atom stereocenters. The highest BCUT2D eigenvalue weighted by atomic mass is 14.7. The van der Waals surface area contributed by atoms with E-state index >= 15 is 0 Å². The fraction of sp³-hybridized carbons (Fsp3) is 0.211. The Morgan fingerprint density at radius 1 is 0.905 bits per heavy atom. The second kappa shape index (κ2) is 6.59. The van der Waals surface area contributed by atoms with E-state index in [-0.39, 0.29) is 0 Å². The number of aromatic amines is 1. The number of nitrogens with two attached hydrogens (primary N) is 1. The minimum atomic E-state index is 0.713. The van der Waals surface area contributed by atoms with Gasteiger partial charge >= 0.3 is 0 Å². The predicted molar refractivity (Wildman–Crippen MR) is 89.1 cm³/mol. The average Bonchev–Trinajstić information content (AvgIpc) is 2.92. The number of hydrogen-bond acceptors (Lipinski definition) is 1. The fourth-order valence-electron chi connectivity index (χ4n) is 2.88. The Bertz CT molecular complexity index is 685. The van der Waals surface area contributed by atoms with Crippen LogP contribution in [-0.4, -0.2) is 11.5 Å². The Balaban J connectivity index is 1.78. The molecule has 3 aromatic rings. The van der Waals surface area contributed by atoms with Crippen LogP contribution in [0.15, 0.2) is 60.8 Å². The van der Waals surface area contributed by atoms with Crippen molar-refractivity contribution >= 4 is 10.9 Å². The van der Waals surface area contributed by atoms with Crippen LogP contribution in [0.2, 0.25) is 0 Å². The number of benzene rings is 2. The first-order valence-electron chi connectivity index (χ1n) is 7.49. The molecule has 0 aliphatic heterocycles. The number of H-pyrrole nitrogens is 1. The summed E-state index contributed by atoms with van der Waals surface area (Å²) in [6, 6.07) is 19.1. The molecule has 3 rings (SSSR count). The summed E-state index contributed by atoms with van der Waals surface area (Å²) in [5, 5.41) is 1.32. The molecule has 0 saturated heterocycles. The molecule has 0 spiro atoms. The summed E-state index contributed by atoms with van der Waals surface area (Å²) in [4.78, 5) is 3.35. The lowest BCUT2D eigenvalue weighted by Gasteiger charge is -2.15. The van der Waals surface area contributed by atoms with Gasteiger partial charge < -0.3 is 10.7 Å². The molecule has 2 nitrogen and oxygen atoms in total. The molecular weight excluding hydrogens is 256 g/mol. The summed E-state index contributed by atoms with van der Waals surface area (Å²) in [5.74, 6) is 1.49. The van der Waals surface area contributed by atoms with Gasteiger partial charge in [0.15, 0.2) is 0 Å². The Morgan fingerprint density at radius 2 is 1.67 bits per heavy atom. The maximum Gasteiger partial charge on any atom is 0.0456 e. The van der Waals surface area contributed by atoms with Gasteiger partial charge in [-0.25, -0.2) is 0 Å². The van der Waals surface area contributed by atoms with E-state index in [9.17, 15) is 0 Å². The Kier molecular flexibility index (Phi) is 4.37. The number of para-hydroxylation sites is 1. The van der Waals surface area contributed by atoms with Gasteiger partial charge in [-0.05, 0) is 48.9 Å². The van der Waals surface area contributed by atoms with Gasteiger partial charge in [-0.3, -0.25) is 0 Å². The first-order valence-corrected chi connectivity index (χ1v) is 7.49. The van der Waals surface area contributed by atoms with E-state index in [4.69, 9.17) is 5.73 Å². The molecule has 1 aromatic heterocycles. The summed E-state index contributed by atoms with van der Waals surface area (Å²) >= 11 is 0. The van der Waals surface area contributed by atoms with Crippen molar-refractivity contribution in [1.29, 1.82) is 0 Å². The van der Waals surface area contributed by atoms with E-state index < -0.39 is 0 Å². The molecule has 2 heteroatoms. The molecule has 1 heterocycles. The molecule has 2 aromatic carbocycles. The number of fused-ring (bicyclic) bond motifs is 1. The van der Waals surface area contributed by atoms with Crippen LogP contribution in [-0.2, 0) is 12.8 Å². The van der Waals surface area contributed by atoms with Crippen molar-refractivity contribution in [2.45, 2.75) is 19.3 Å². The van der Waals surface area contributed by atoms with E-state index in [2.05, 4.69) is 65.8 Å². The third-order valence-electron chi connectivity index (χ3n) is 3.91. The van der Waals surface area contributed by atoms with E-state index in [1.54, 1.807) is 0 Å². The third kappa shape index (κ3) is 3.34. The van der Waals surface area contributed by atoms with Crippen LogP contribution in [0.4, 0.5) is 0 Å². The Hall–Kier alpha value is -2.06. The van der Waals surface area contributed by atoms with Gasteiger partial charge in [0.2, 0.25) is 0 Å². The molecule has 0 fully saturated rings. The maximum atomic E-state index is 5.80. The maximum absolute atomic E-state index is 5.80. The van der Waals surface area contributed by atoms with Crippen LogP contribution < -0.4 is 5.73 Å². The lowest BCUT2D eigenvalue weighted by Crippen LogP contribution is -2.12. The second-order valence-electron chi connectivity index (χ2n) is 5.49. The molecule has 0 aliphatic carbocycles. The zero-order chi connectivity index (χ0) is 14.5. The molecule has 107 valence electrons. The van der Waals surface area contributed by atoms with E-state index in [1.807, 2.05) is 0 Å². The van der Waals surface area contributed by atoms with E-state index in [0.717, 1.165) is 19.3 Å². The molecule has 21 heavy (non-hydrogen) atoms. The minimum Gasteiger partial charge on any atom is -0.361 e. The minimum absolute atomic E-state index is 0.713. The number of hydrogen-bond donors (Lipinski definition) is 2. The van der Waals surface area contributed by atoms with Crippen molar-refractivity contribution in [1.82, 2.24) is 4.98 Å². The van der Waals surface area contributed by atoms with Crippen LogP contribution in [0.3, 0.4) is 0 Å². The van der Waals surface area contributed by atoms with Gasteiger partial charge in [0.25, 0.3) is 0 Å². The first kappa shape index (κ1) is 13.9. The zero-order valence-electron chi connectivity index (χ0n) is 12.2. The number of aromatic nitrogens is 1. The highest BCUT2D eigenvalue weighted by molar-refractivity contribution is 5.83. The molecule has 0 bridgehead atoms. The van der Waals surface area contributed by atoms with Crippen LogP contribution in [0.25, 0.3) is 10.9 Å². The lowest BCUT2D eigenvalue weighted by atomic mass is 9.90. The van der Waals surface area contributed by atoms with Crippen LogP contribution in [0.5, 0.6) is 0 Å². The van der Waals surface area contributed by atoms with Crippen LogP contribution in [0, 0.1) is 5.92 Å². The second-order valence-corrected chi connectivity index (χ2v) is 5.49. The van der Waals surface area contributed by atoms with Gasteiger partial charge in [0.1, 0.15) is 0 Å². The van der Waals surface area contributed by atoms with Crippen molar-refractivity contribution in [3.8, 4) is 0 Å². The van der Waals surface area contributed by atoms with E-state index in [0.29, 0.717) is 6.54 Å². The van der Waals surface area contributed by atoms with Crippen molar-refractivity contribution in [2.24, 2.45) is 5.73 Å². The Labute approximate surface area is 126 Å².